The molecule has 1 aliphatic rings. The third-order valence-corrected chi connectivity index (χ3v) is 5.28. The van der Waals surface area contributed by atoms with Crippen molar-refractivity contribution in [2.45, 2.75) is 45.7 Å². The molecular formula is C19H29N6O+. The van der Waals surface area contributed by atoms with Gasteiger partial charge in [-0.2, -0.15) is 0 Å². The Labute approximate surface area is 154 Å². The van der Waals surface area contributed by atoms with Crippen molar-refractivity contribution < 1.29 is 9.69 Å². The van der Waals surface area contributed by atoms with E-state index in [1.807, 2.05) is 22.9 Å². The van der Waals surface area contributed by atoms with E-state index in [4.69, 9.17) is 5.73 Å². The number of benzene rings is 1. The van der Waals surface area contributed by atoms with Gasteiger partial charge in [0.05, 0.1) is 19.6 Å². The molecule has 3 N–H and O–H groups in total. The molecule has 7 nitrogen and oxygen atoms in total. The van der Waals surface area contributed by atoms with Crippen LogP contribution in [0.15, 0.2) is 30.3 Å². The molecule has 0 bridgehead atoms. The van der Waals surface area contributed by atoms with E-state index in [9.17, 15) is 4.79 Å². The summed E-state index contributed by atoms with van der Waals surface area (Å²) >= 11 is 0. The zero-order valence-electron chi connectivity index (χ0n) is 15.6. The van der Waals surface area contributed by atoms with Crippen molar-refractivity contribution in [3.05, 3.63) is 41.7 Å². The molecule has 2 heterocycles. The van der Waals surface area contributed by atoms with Crippen molar-refractivity contribution in [2.24, 2.45) is 17.6 Å². The summed E-state index contributed by atoms with van der Waals surface area (Å²) in [4.78, 5) is 12.9. The minimum absolute atomic E-state index is 0.0127. The van der Waals surface area contributed by atoms with E-state index in [0.717, 1.165) is 38.2 Å². The number of aromatic nitrogens is 4. The summed E-state index contributed by atoms with van der Waals surface area (Å²) in [6.07, 6.45) is 2.71. The molecule has 1 amide bonds. The number of nitrogens with one attached hydrogen (secondary N) is 1. The summed E-state index contributed by atoms with van der Waals surface area (Å²) in [6, 6.07) is 10.5. The Morgan fingerprint density at radius 2 is 1.96 bits per heavy atom. The lowest BCUT2D eigenvalue weighted by atomic mass is 9.93. The van der Waals surface area contributed by atoms with Gasteiger partial charge >= 0.3 is 0 Å². The summed E-state index contributed by atoms with van der Waals surface area (Å²) < 4.78 is 1.93. The van der Waals surface area contributed by atoms with Crippen LogP contribution in [-0.2, 0) is 11.3 Å². The monoisotopic (exact) mass is 357 g/mol. The van der Waals surface area contributed by atoms with E-state index >= 15 is 0 Å². The Kier molecular flexibility index (Phi) is 5.98. The van der Waals surface area contributed by atoms with Gasteiger partial charge in [0.1, 0.15) is 6.04 Å². The van der Waals surface area contributed by atoms with Crippen LogP contribution in [0.5, 0.6) is 0 Å². The number of tetrazole rings is 1. The molecule has 140 valence electrons. The number of hydrogen-bond acceptors (Lipinski definition) is 4. The fraction of sp³-hybridized carbons (Fsp3) is 0.579. The van der Waals surface area contributed by atoms with Crippen molar-refractivity contribution in [3.63, 3.8) is 0 Å². The molecule has 1 aliphatic heterocycles. The number of nitrogens with two attached hydrogens (primary N) is 1. The smallest absolute Gasteiger partial charge is 0.220 e. The SMILES string of the molecule is CC(C)C[C@@H](c1nnnn1Cc1ccccc1)[NH+]1CCC(C(N)=O)CC1. The zero-order valence-corrected chi connectivity index (χ0v) is 15.6. The highest BCUT2D eigenvalue weighted by Crippen LogP contribution is 2.19. The summed E-state index contributed by atoms with van der Waals surface area (Å²) in [5.74, 6) is 1.33. The second kappa shape index (κ2) is 8.40. The Balaban J connectivity index is 1.78. The molecule has 1 aromatic heterocycles. The van der Waals surface area contributed by atoms with Crippen LogP contribution < -0.4 is 10.6 Å². The third-order valence-electron chi connectivity index (χ3n) is 5.28. The molecule has 0 spiro atoms. The molecule has 1 fully saturated rings. The number of piperidine rings is 1. The number of quaternary nitrogens is 1. The molecule has 0 unspecified atom stereocenters. The van der Waals surface area contributed by atoms with Gasteiger partial charge in [-0.25, -0.2) is 4.68 Å². The van der Waals surface area contributed by atoms with Gasteiger partial charge in [0.15, 0.2) is 0 Å². The third kappa shape index (κ3) is 4.46. The second-order valence-electron chi connectivity index (χ2n) is 7.70. The van der Waals surface area contributed by atoms with Gasteiger partial charge in [-0.05, 0) is 21.9 Å². The maximum atomic E-state index is 11.5. The van der Waals surface area contributed by atoms with Gasteiger partial charge in [0, 0.05) is 25.2 Å². The topological polar surface area (TPSA) is 91.1 Å². The number of carbonyl (C=O) groups excluding carboxylic acids is 1. The van der Waals surface area contributed by atoms with Crippen LogP contribution in [-0.4, -0.2) is 39.2 Å². The highest BCUT2D eigenvalue weighted by atomic mass is 16.1. The molecule has 1 atom stereocenters. The first-order valence-corrected chi connectivity index (χ1v) is 9.48. The number of amides is 1. The van der Waals surface area contributed by atoms with Crippen molar-refractivity contribution in [1.82, 2.24) is 20.2 Å². The number of carbonyl (C=O) groups is 1. The Morgan fingerprint density at radius 1 is 1.27 bits per heavy atom. The first kappa shape index (κ1) is 18.5. The lowest BCUT2D eigenvalue weighted by Crippen LogP contribution is -3.13. The fourth-order valence-electron chi connectivity index (χ4n) is 3.88. The predicted octanol–water partition coefficient (Wildman–Crippen LogP) is 0.589. The molecule has 7 heteroatoms. The number of likely N-dealkylation sites (tertiary alicyclic amines) is 1. The maximum absolute atomic E-state index is 11.5. The Hall–Kier alpha value is -2.28. The fourth-order valence-corrected chi connectivity index (χ4v) is 3.88. The molecular weight excluding hydrogens is 328 g/mol. The van der Waals surface area contributed by atoms with Gasteiger partial charge < -0.3 is 10.6 Å². The Morgan fingerprint density at radius 3 is 2.58 bits per heavy atom. The van der Waals surface area contributed by atoms with Gasteiger partial charge in [0.2, 0.25) is 11.7 Å². The van der Waals surface area contributed by atoms with Crippen molar-refractivity contribution in [3.8, 4) is 0 Å². The van der Waals surface area contributed by atoms with E-state index < -0.39 is 0 Å². The summed E-state index contributed by atoms with van der Waals surface area (Å²) in [7, 11) is 0. The lowest BCUT2D eigenvalue weighted by Gasteiger charge is -2.34. The normalized spacial score (nSPS) is 21.7. The molecule has 0 aliphatic carbocycles. The van der Waals surface area contributed by atoms with Crippen molar-refractivity contribution >= 4 is 5.91 Å². The Bertz CT molecular complexity index is 706. The maximum Gasteiger partial charge on any atom is 0.220 e. The molecule has 1 saturated heterocycles. The molecule has 3 rings (SSSR count). The van der Waals surface area contributed by atoms with Crippen LogP contribution in [0.25, 0.3) is 0 Å². The van der Waals surface area contributed by atoms with E-state index in [1.165, 1.54) is 10.5 Å². The standard InChI is InChI=1S/C19H28N6O/c1-14(2)12-17(24-10-8-16(9-11-24)18(20)26)19-21-22-23-25(19)13-15-6-4-3-5-7-15/h3-7,14,16-17H,8-13H2,1-2H3,(H2,20,26)/p+1/t17-/m0/s1. The minimum Gasteiger partial charge on any atom is -0.369 e. The van der Waals surface area contributed by atoms with E-state index in [2.05, 4.69) is 41.5 Å². The lowest BCUT2D eigenvalue weighted by molar-refractivity contribution is -0.938. The van der Waals surface area contributed by atoms with Gasteiger partial charge in [0.25, 0.3) is 0 Å². The van der Waals surface area contributed by atoms with E-state index in [-0.39, 0.29) is 17.9 Å². The highest BCUT2D eigenvalue weighted by Gasteiger charge is 2.35. The molecule has 26 heavy (non-hydrogen) atoms. The minimum atomic E-state index is -0.168. The highest BCUT2D eigenvalue weighted by molar-refractivity contribution is 5.76. The van der Waals surface area contributed by atoms with Crippen molar-refractivity contribution in [1.29, 1.82) is 0 Å². The predicted molar refractivity (Wildman–Crippen MR) is 98.2 cm³/mol. The quantitative estimate of drug-likeness (QED) is 0.759. The van der Waals surface area contributed by atoms with Gasteiger partial charge in [-0.15, -0.1) is 5.10 Å². The number of rotatable bonds is 7. The largest absolute Gasteiger partial charge is 0.369 e. The average Bonchev–Trinajstić information content (AvgIpc) is 3.08. The van der Waals surface area contributed by atoms with Crippen LogP contribution in [0.1, 0.15) is 50.5 Å². The first-order valence-electron chi connectivity index (χ1n) is 9.48. The summed E-state index contributed by atoms with van der Waals surface area (Å²) in [5, 5.41) is 12.6. The van der Waals surface area contributed by atoms with Gasteiger partial charge in [-0.3, -0.25) is 4.79 Å². The summed E-state index contributed by atoms with van der Waals surface area (Å²) in [6.45, 7) is 7.00. The van der Waals surface area contributed by atoms with Gasteiger partial charge in [-0.1, -0.05) is 44.2 Å². The van der Waals surface area contributed by atoms with Crippen LogP contribution in [0.4, 0.5) is 0 Å². The summed E-state index contributed by atoms with van der Waals surface area (Å²) in [5.41, 5.74) is 6.68. The zero-order chi connectivity index (χ0) is 18.5. The van der Waals surface area contributed by atoms with E-state index in [1.54, 1.807) is 0 Å². The molecule has 2 aromatic rings. The number of primary amides is 1. The van der Waals surface area contributed by atoms with Crippen LogP contribution in [0.3, 0.4) is 0 Å². The first-order chi connectivity index (χ1) is 12.5. The van der Waals surface area contributed by atoms with Crippen LogP contribution in [0.2, 0.25) is 0 Å². The van der Waals surface area contributed by atoms with Crippen LogP contribution >= 0.6 is 0 Å². The van der Waals surface area contributed by atoms with Crippen molar-refractivity contribution in [2.75, 3.05) is 13.1 Å². The molecule has 0 radical (unpaired) electrons. The van der Waals surface area contributed by atoms with Crippen LogP contribution in [0, 0.1) is 11.8 Å². The number of hydrogen-bond donors (Lipinski definition) is 2. The second-order valence-corrected chi connectivity index (χ2v) is 7.70. The van der Waals surface area contributed by atoms with E-state index in [0.29, 0.717) is 12.5 Å². The molecule has 1 aromatic carbocycles. The number of nitrogens with zero attached hydrogens (tertiary/aromatic N) is 4. The average molecular weight is 357 g/mol. The molecule has 0 saturated carbocycles.